The van der Waals surface area contributed by atoms with Crippen molar-refractivity contribution in [3.8, 4) is 11.5 Å². The number of methoxy groups -OCH3 is 1. The minimum atomic E-state index is -0.687. The number of ether oxygens (including phenoxy) is 5. The number of esters is 1. The van der Waals surface area contributed by atoms with Crippen LogP contribution in [0.15, 0.2) is 18.2 Å². The van der Waals surface area contributed by atoms with Gasteiger partial charge in [0.05, 0.1) is 18.8 Å². The minimum absolute atomic E-state index is 0.0903. The smallest absolute Gasteiger partial charge is 0.338 e. The molecule has 0 saturated carbocycles. The molecule has 0 radical (unpaired) electrons. The Bertz CT molecular complexity index is 787. The maximum atomic E-state index is 12.5. The summed E-state index contributed by atoms with van der Waals surface area (Å²) in [6.07, 6.45) is 3.48. The lowest BCUT2D eigenvalue weighted by atomic mass is 9.80. The molecule has 0 spiro atoms. The summed E-state index contributed by atoms with van der Waals surface area (Å²) in [6, 6.07) is 3.50. The fourth-order valence-corrected chi connectivity index (χ4v) is 4.10. The highest BCUT2D eigenvalue weighted by Gasteiger charge is 2.46. The monoisotopic (exact) mass is 375 g/mol. The van der Waals surface area contributed by atoms with Gasteiger partial charge in [0.25, 0.3) is 0 Å². The van der Waals surface area contributed by atoms with Crippen LogP contribution in [0.1, 0.15) is 42.6 Å². The lowest BCUT2D eigenvalue weighted by Gasteiger charge is -2.30. The number of benzene rings is 1. The van der Waals surface area contributed by atoms with E-state index >= 15 is 0 Å². The van der Waals surface area contributed by atoms with E-state index in [2.05, 4.69) is 6.08 Å². The third-order valence-electron chi connectivity index (χ3n) is 5.21. The van der Waals surface area contributed by atoms with Crippen molar-refractivity contribution in [3.63, 3.8) is 0 Å². The van der Waals surface area contributed by atoms with Crippen molar-refractivity contribution in [2.24, 2.45) is 11.7 Å². The van der Waals surface area contributed by atoms with E-state index in [1.54, 1.807) is 6.07 Å². The van der Waals surface area contributed by atoms with E-state index in [0.29, 0.717) is 23.6 Å². The molecule has 1 aromatic rings. The Morgan fingerprint density at radius 3 is 2.70 bits per heavy atom. The molecule has 27 heavy (non-hydrogen) atoms. The second-order valence-electron chi connectivity index (χ2n) is 7.53. The van der Waals surface area contributed by atoms with Gasteiger partial charge in [-0.2, -0.15) is 0 Å². The van der Waals surface area contributed by atoms with E-state index in [9.17, 15) is 4.79 Å². The lowest BCUT2D eigenvalue weighted by Crippen LogP contribution is -2.32. The molecule has 3 aliphatic rings. The van der Waals surface area contributed by atoms with Crippen LogP contribution in [0.4, 0.5) is 0 Å². The van der Waals surface area contributed by atoms with Crippen LogP contribution in [0.25, 0.3) is 5.57 Å². The molecule has 4 rings (SSSR count). The summed E-state index contributed by atoms with van der Waals surface area (Å²) in [5.41, 5.74) is 7.86. The Balaban J connectivity index is 1.83. The molecule has 2 aliphatic heterocycles. The van der Waals surface area contributed by atoms with Crippen molar-refractivity contribution in [1.82, 2.24) is 0 Å². The Labute approximate surface area is 158 Å². The Morgan fingerprint density at radius 2 is 2.00 bits per heavy atom. The normalized spacial score (nSPS) is 27.9. The number of nitrogens with two attached hydrogens (primary N) is 1. The van der Waals surface area contributed by atoms with E-state index in [4.69, 9.17) is 29.4 Å². The highest BCUT2D eigenvalue weighted by molar-refractivity contribution is 5.97. The number of fused-ring (bicyclic) bond motifs is 2. The molecule has 2 N–H and O–H groups in total. The Morgan fingerprint density at radius 1 is 1.26 bits per heavy atom. The highest BCUT2D eigenvalue weighted by atomic mass is 16.8. The van der Waals surface area contributed by atoms with E-state index < -0.39 is 11.8 Å². The van der Waals surface area contributed by atoms with Crippen LogP contribution in [0, 0.1) is 5.92 Å². The molecule has 7 nitrogen and oxygen atoms in total. The molecule has 0 unspecified atom stereocenters. The summed E-state index contributed by atoms with van der Waals surface area (Å²) >= 11 is 0. The van der Waals surface area contributed by atoms with E-state index in [0.717, 1.165) is 24.0 Å². The van der Waals surface area contributed by atoms with Crippen LogP contribution in [0.5, 0.6) is 11.5 Å². The zero-order valence-electron chi connectivity index (χ0n) is 15.8. The molecule has 1 aliphatic carbocycles. The number of rotatable bonds is 4. The first-order chi connectivity index (χ1) is 12.9. The number of carbonyl (C=O) groups is 1. The average Bonchev–Trinajstić information content (AvgIpc) is 3.21. The summed E-state index contributed by atoms with van der Waals surface area (Å²) in [5.74, 6) is 0.275. The van der Waals surface area contributed by atoms with Gasteiger partial charge in [0.1, 0.15) is 6.10 Å². The van der Waals surface area contributed by atoms with Crippen LogP contribution in [-0.4, -0.2) is 44.4 Å². The second-order valence-corrected chi connectivity index (χ2v) is 7.53. The van der Waals surface area contributed by atoms with Gasteiger partial charge in [-0.05, 0) is 62.4 Å². The first kappa shape index (κ1) is 18.3. The van der Waals surface area contributed by atoms with Crippen molar-refractivity contribution in [3.05, 3.63) is 29.3 Å². The molecule has 3 atom stereocenters. The van der Waals surface area contributed by atoms with E-state index in [1.807, 2.05) is 19.9 Å². The highest BCUT2D eigenvalue weighted by Crippen LogP contribution is 2.46. The largest absolute Gasteiger partial charge is 0.465 e. The van der Waals surface area contributed by atoms with E-state index in [-0.39, 0.29) is 24.9 Å². The third-order valence-corrected chi connectivity index (χ3v) is 5.21. The van der Waals surface area contributed by atoms with E-state index in [1.165, 1.54) is 7.11 Å². The van der Waals surface area contributed by atoms with Gasteiger partial charge in [-0.3, -0.25) is 0 Å². The second kappa shape index (κ2) is 6.82. The minimum Gasteiger partial charge on any atom is -0.465 e. The van der Waals surface area contributed by atoms with Crippen LogP contribution >= 0.6 is 0 Å². The summed E-state index contributed by atoms with van der Waals surface area (Å²) in [5, 5.41) is 0. The molecule has 1 aromatic carbocycles. The zero-order valence-corrected chi connectivity index (χ0v) is 15.8. The maximum absolute atomic E-state index is 12.5. The summed E-state index contributed by atoms with van der Waals surface area (Å²) in [7, 11) is 1.37. The van der Waals surface area contributed by atoms with Gasteiger partial charge in [0.15, 0.2) is 17.3 Å². The first-order valence-corrected chi connectivity index (χ1v) is 9.21. The molecular weight excluding hydrogens is 350 g/mol. The average molecular weight is 375 g/mol. The topological polar surface area (TPSA) is 89.2 Å². The third kappa shape index (κ3) is 3.31. The predicted octanol–water partition coefficient (Wildman–Crippen LogP) is 2.47. The SMILES string of the molecule is COC(=O)c1cc2c(cc1C1=C[C@@H](CCN)C[C@@H]3OC(C)(C)O[C@H]13)OCO2. The van der Waals surface area contributed by atoms with Crippen molar-refractivity contribution < 1.29 is 28.5 Å². The molecular formula is C20H25NO6. The number of hydrogen-bond acceptors (Lipinski definition) is 7. The number of hydrogen-bond donors (Lipinski definition) is 1. The van der Waals surface area contributed by atoms with Gasteiger partial charge >= 0.3 is 5.97 Å². The van der Waals surface area contributed by atoms with Crippen molar-refractivity contribution in [2.45, 2.75) is 44.7 Å². The van der Waals surface area contributed by atoms with Gasteiger partial charge in [-0.15, -0.1) is 0 Å². The molecule has 0 bridgehead atoms. The van der Waals surface area contributed by atoms with Crippen molar-refractivity contribution in [2.75, 3.05) is 20.4 Å². The summed E-state index contributed by atoms with van der Waals surface area (Å²) in [6.45, 7) is 4.53. The van der Waals surface area contributed by atoms with Gasteiger partial charge in [-0.25, -0.2) is 4.79 Å². The molecule has 146 valence electrons. The zero-order chi connectivity index (χ0) is 19.2. The molecule has 1 saturated heterocycles. The molecule has 7 heteroatoms. The van der Waals surface area contributed by atoms with Crippen molar-refractivity contribution >= 4 is 11.5 Å². The molecule has 1 fully saturated rings. The van der Waals surface area contributed by atoms with Crippen LogP contribution in [-0.2, 0) is 14.2 Å². The first-order valence-electron chi connectivity index (χ1n) is 9.21. The quantitative estimate of drug-likeness (QED) is 0.809. The lowest BCUT2D eigenvalue weighted by molar-refractivity contribution is -0.143. The maximum Gasteiger partial charge on any atom is 0.338 e. The van der Waals surface area contributed by atoms with Crippen LogP contribution in [0.2, 0.25) is 0 Å². The number of allylic oxidation sites excluding steroid dienone is 1. The summed E-state index contributed by atoms with van der Waals surface area (Å²) < 4.78 is 28.3. The Kier molecular flexibility index (Phi) is 4.61. The van der Waals surface area contributed by atoms with Crippen LogP contribution < -0.4 is 15.2 Å². The predicted molar refractivity (Wildman–Crippen MR) is 97.5 cm³/mol. The standard InChI is InChI=1S/C20H25NO6/c1-20(2)26-17-7-11(4-5-21)6-13(18(17)27-20)12-8-15-16(25-10-24-15)9-14(12)19(22)23-3/h6,8-9,11,17-18H,4-5,7,10,21H2,1-3H3/t11-,17+,18-/m1/s1. The summed E-state index contributed by atoms with van der Waals surface area (Å²) in [4.78, 5) is 12.5. The fraction of sp³-hybridized carbons (Fsp3) is 0.550. The van der Waals surface area contributed by atoms with Gasteiger partial charge in [0.2, 0.25) is 6.79 Å². The Hall–Kier alpha value is -2.09. The van der Waals surface area contributed by atoms with Crippen molar-refractivity contribution in [1.29, 1.82) is 0 Å². The van der Waals surface area contributed by atoms with Gasteiger partial charge in [0, 0.05) is 0 Å². The number of carbonyl (C=O) groups excluding carboxylic acids is 1. The fourth-order valence-electron chi connectivity index (χ4n) is 4.10. The van der Waals surface area contributed by atoms with Gasteiger partial charge in [-0.1, -0.05) is 6.08 Å². The molecule has 2 heterocycles. The molecule has 0 amide bonds. The molecule has 0 aromatic heterocycles. The van der Waals surface area contributed by atoms with Crippen LogP contribution in [0.3, 0.4) is 0 Å². The van der Waals surface area contributed by atoms with Gasteiger partial charge < -0.3 is 29.4 Å².